The van der Waals surface area contributed by atoms with Gasteiger partial charge in [-0.3, -0.25) is 4.90 Å². The smallest absolute Gasteiger partial charge is 0.492 e. The van der Waals surface area contributed by atoms with Gasteiger partial charge >= 0.3 is 22.9 Å². The van der Waals surface area contributed by atoms with Crippen molar-refractivity contribution in [2.45, 2.75) is 6.41 Å². The van der Waals surface area contributed by atoms with Crippen LogP contribution in [-0.4, -0.2) is 25.4 Å². The maximum Gasteiger partial charge on any atom is 0.492 e. The summed E-state index contributed by atoms with van der Waals surface area (Å²) in [4.78, 5) is 21.2. The van der Waals surface area contributed by atoms with Gasteiger partial charge in [-0.05, 0) is 23.2 Å². The van der Waals surface area contributed by atoms with E-state index in [-0.39, 0.29) is 0 Å². The zero-order valence-corrected chi connectivity index (χ0v) is 8.16. The van der Waals surface area contributed by atoms with E-state index in [1.54, 1.807) is 0 Å². The van der Waals surface area contributed by atoms with Crippen LogP contribution < -0.4 is 9.79 Å². The van der Waals surface area contributed by atoms with Crippen molar-refractivity contribution >= 4 is 16.5 Å². The van der Waals surface area contributed by atoms with Gasteiger partial charge in [0.1, 0.15) is 0 Å². The molecule has 2 unspecified atom stereocenters. The highest BCUT2D eigenvalue weighted by Crippen LogP contribution is 2.22. The van der Waals surface area contributed by atoms with Gasteiger partial charge in [0.2, 0.25) is 0 Å². The maximum absolute atomic E-state index is 10.0. The summed E-state index contributed by atoms with van der Waals surface area (Å²) in [6, 6.07) is 0. The first-order valence-electron chi connectivity index (χ1n) is 2.72. The summed E-state index contributed by atoms with van der Waals surface area (Å²) in [6.45, 7) is 0. The second-order valence-electron chi connectivity index (χ2n) is 1.93. The van der Waals surface area contributed by atoms with Gasteiger partial charge in [0.15, 0.2) is 0 Å². The zero-order chi connectivity index (χ0) is 9.72. The fraction of sp³-hybridized carbons (Fsp3) is 1.00. The van der Waals surface area contributed by atoms with Crippen LogP contribution in [0.15, 0.2) is 0 Å². The fourth-order valence-corrected chi connectivity index (χ4v) is 1.18. The third-order valence-electron chi connectivity index (χ3n) is 0.774. The SMILES string of the molecule is CN(C)C(O[P+](=O)[O-])O[P+](=O)[O-]. The van der Waals surface area contributed by atoms with Crippen LogP contribution in [-0.2, 0) is 18.2 Å². The molecule has 0 aromatic carbocycles. The normalized spacial score (nSPS) is 16.1. The van der Waals surface area contributed by atoms with Crippen molar-refractivity contribution in [3.63, 3.8) is 0 Å². The van der Waals surface area contributed by atoms with Crippen molar-refractivity contribution in [2.75, 3.05) is 14.1 Å². The molecule has 70 valence electrons. The van der Waals surface area contributed by atoms with Gasteiger partial charge in [0, 0.05) is 0 Å². The molecule has 12 heavy (non-hydrogen) atoms. The lowest BCUT2D eigenvalue weighted by Gasteiger charge is -2.13. The Balaban J connectivity index is 4.04. The van der Waals surface area contributed by atoms with E-state index < -0.39 is 22.9 Å². The molecule has 0 aromatic heterocycles. The lowest BCUT2D eigenvalue weighted by Crippen LogP contribution is -2.31. The van der Waals surface area contributed by atoms with Gasteiger partial charge in [-0.1, -0.05) is 9.05 Å². The van der Waals surface area contributed by atoms with Gasteiger partial charge in [0.05, 0.1) is 0 Å². The molecule has 9 heteroatoms. The van der Waals surface area contributed by atoms with E-state index >= 15 is 0 Å². The highest BCUT2D eigenvalue weighted by atomic mass is 31.1. The molecule has 0 saturated heterocycles. The van der Waals surface area contributed by atoms with Crippen LogP contribution in [0, 0.1) is 0 Å². The highest BCUT2D eigenvalue weighted by molar-refractivity contribution is 7.31. The van der Waals surface area contributed by atoms with E-state index in [9.17, 15) is 18.9 Å². The fourth-order valence-electron chi connectivity index (χ4n) is 0.355. The minimum absolute atomic E-state index is 1.15. The predicted molar refractivity (Wildman–Crippen MR) is 34.9 cm³/mol. The highest BCUT2D eigenvalue weighted by Gasteiger charge is 2.26. The minimum atomic E-state index is -3.14. The summed E-state index contributed by atoms with van der Waals surface area (Å²) >= 11 is 0. The van der Waals surface area contributed by atoms with Crippen molar-refractivity contribution in [1.82, 2.24) is 4.90 Å². The molecule has 0 aliphatic heterocycles. The quantitative estimate of drug-likeness (QED) is 0.423. The summed E-state index contributed by atoms with van der Waals surface area (Å²) in [5.74, 6) is 0. The van der Waals surface area contributed by atoms with E-state index in [0.29, 0.717) is 0 Å². The molecule has 0 spiro atoms. The van der Waals surface area contributed by atoms with E-state index in [1.807, 2.05) is 0 Å². The van der Waals surface area contributed by atoms with Gasteiger partial charge < -0.3 is 9.79 Å². The first-order valence-corrected chi connectivity index (χ1v) is 4.91. The van der Waals surface area contributed by atoms with Crippen LogP contribution in [0.2, 0.25) is 0 Å². The number of rotatable bonds is 5. The van der Waals surface area contributed by atoms with Gasteiger partial charge in [-0.25, -0.2) is 0 Å². The Morgan fingerprint density at radius 1 is 1.17 bits per heavy atom. The molecule has 0 heterocycles. The second kappa shape index (κ2) is 5.61. The van der Waals surface area contributed by atoms with Crippen LogP contribution in [0.25, 0.3) is 0 Å². The first-order chi connectivity index (χ1) is 5.43. The van der Waals surface area contributed by atoms with Crippen molar-refractivity contribution in [3.8, 4) is 0 Å². The van der Waals surface area contributed by atoms with Crippen LogP contribution in [0.3, 0.4) is 0 Å². The maximum atomic E-state index is 10.0. The molecule has 0 saturated carbocycles. The monoisotopic (exact) mass is 215 g/mol. The van der Waals surface area contributed by atoms with E-state index in [1.165, 1.54) is 14.1 Å². The molecule has 0 aliphatic rings. The number of hydrogen-bond acceptors (Lipinski definition) is 7. The van der Waals surface area contributed by atoms with Crippen LogP contribution in [0.5, 0.6) is 0 Å². The van der Waals surface area contributed by atoms with Crippen molar-refractivity contribution in [3.05, 3.63) is 0 Å². The Bertz CT molecular complexity index is 168. The Hall–Kier alpha value is -0.0000000000000000763. The van der Waals surface area contributed by atoms with Gasteiger partial charge in [0.25, 0.3) is 0 Å². The van der Waals surface area contributed by atoms with E-state index in [4.69, 9.17) is 0 Å². The lowest BCUT2D eigenvalue weighted by molar-refractivity contribution is -0.231. The number of hydrogen-bond donors (Lipinski definition) is 0. The van der Waals surface area contributed by atoms with E-state index in [0.717, 1.165) is 4.90 Å². The third-order valence-corrected chi connectivity index (χ3v) is 1.48. The van der Waals surface area contributed by atoms with Crippen LogP contribution in [0.4, 0.5) is 0 Å². The summed E-state index contributed by atoms with van der Waals surface area (Å²) < 4.78 is 28.2. The standard InChI is InChI=1S/C3H7NO6P2/c1-4(2)3(9-11(5)6)10-12(7)8/h3H,1-2H3. The molecule has 0 N–H and O–H groups in total. The molecule has 0 amide bonds. The Morgan fingerprint density at radius 2 is 1.50 bits per heavy atom. The molecule has 0 aliphatic carbocycles. The Kier molecular flexibility index (Phi) is 5.61. The summed E-state index contributed by atoms with van der Waals surface area (Å²) in [7, 11) is -3.46. The molecule has 0 aromatic rings. The van der Waals surface area contributed by atoms with Gasteiger partial charge in [-0.2, -0.15) is 0 Å². The van der Waals surface area contributed by atoms with Gasteiger partial charge in [-0.15, -0.1) is 0 Å². The number of nitrogens with zero attached hydrogens (tertiary/aromatic N) is 1. The van der Waals surface area contributed by atoms with Crippen LogP contribution >= 0.6 is 16.5 Å². The molecular weight excluding hydrogens is 208 g/mol. The van der Waals surface area contributed by atoms with Crippen molar-refractivity contribution in [2.24, 2.45) is 0 Å². The van der Waals surface area contributed by atoms with Crippen molar-refractivity contribution < 1.29 is 28.0 Å². The average molecular weight is 215 g/mol. The van der Waals surface area contributed by atoms with Crippen molar-refractivity contribution in [1.29, 1.82) is 0 Å². The lowest BCUT2D eigenvalue weighted by atomic mass is 10.9. The molecular formula is C3H7NO6P2. The second-order valence-corrected chi connectivity index (χ2v) is 3.24. The minimum Gasteiger partial charge on any atom is -0.566 e. The Morgan fingerprint density at radius 3 is 1.67 bits per heavy atom. The third kappa shape index (κ3) is 5.62. The summed E-state index contributed by atoms with van der Waals surface area (Å²) in [5.41, 5.74) is 0. The summed E-state index contributed by atoms with van der Waals surface area (Å²) in [5, 5.41) is 0. The molecule has 0 bridgehead atoms. The van der Waals surface area contributed by atoms with Crippen LogP contribution in [0.1, 0.15) is 0 Å². The predicted octanol–water partition coefficient (Wildman–Crippen LogP) is -1.10. The molecule has 0 fully saturated rings. The first kappa shape index (κ1) is 12.0. The topological polar surface area (TPSA) is 102 Å². The average Bonchev–Trinajstić information content (AvgIpc) is 1.83. The molecule has 7 nitrogen and oxygen atoms in total. The largest absolute Gasteiger partial charge is 0.566 e. The molecule has 0 rings (SSSR count). The Labute approximate surface area is 70.8 Å². The summed E-state index contributed by atoms with van der Waals surface area (Å²) in [6.07, 6.45) is -1.42. The zero-order valence-electron chi connectivity index (χ0n) is 6.37. The van der Waals surface area contributed by atoms with E-state index in [2.05, 4.69) is 9.05 Å². The molecule has 0 radical (unpaired) electrons. The molecule has 2 atom stereocenters.